The van der Waals surface area contributed by atoms with E-state index < -0.39 is 18.1 Å². The summed E-state index contributed by atoms with van der Waals surface area (Å²) < 4.78 is 36.9. The van der Waals surface area contributed by atoms with Gasteiger partial charge in [-0.1, -0.05) is 73.5 Å². The maximum Gasteiger partial charge on any atom is 0.490 e. The van der Waals surface area contributed by atoms with Crippen LogP contribution in [-0.4, -0.2) is 166 Å². The van der Waals surface area contributed by atoms with E-state index in [4.69, 9.17) is 19.7 Å². The Hall–Kier alpha value is -5.95. The fourth-order valence-corrected chi connectivity index (χ4v) is 12.4. The van der Waals surface area contributed by atoms with Crippen LogP contribution < -0.4 is 10.1 Å². The van der Waals surface area contributed by atoms with Crippen molar-refractivity contribution in [3.05, 3.63) is 90.1 Å². The minimum Gasteiger partial charge on any atom is -0.481 e. The molecular weight excluding hydrogens is 970 g/mol. The summed E-state index contributed by atoms with van der Waals surface area (Å²) in [6.45, 7) is 3.79. The molecule has 2 spiro atoms. The molecule has 4 aliphatic carbocycles. The van der Waals surface area contributed by atoms with Gasteiger partial charge in [-0.05, 0) is 134 Å². The Morgan fingerprint density at radius 3 is 1.44 bits per heavy atom. The molecule has 75 heavy (non-hydrogen) atoms. The van der Waals surface area contributed by atoms with Crippen LogP contribution in [0.5, 0.6) is 5.88 Å². The highest BCUT2D eigenvalue weighted by Gasteiger charge is 2.56. The van der Waals surface area contributed by atoms with E-state index in [9.17, 15) is 32.3 Å². The Morgan fingerprint density at radius 2 is 1.09 bits per heavy atom. The molecule has 6 fully saturated rings. The summed E-state index contributed by atoms with van der Waals surface area (Å²) >= 11 is 0. The van der Waals surface area contributed by atoms with Crippen molar-refractivity contribution >= 4 is 35.6 Å². The number of ether oxygens (including phenoxy) is 1. The number of methoxy groups -OCH3 is 1. The number of pyridine rings is 1. The Labute approximate surface area is 439 Å². The molecule has 0 atom stereocenters. The summed E-state index contributed by atoms with van der Waals surface area (Å²) in [6, 6.07) is 25.1. The Kier molecular flexibility index (Phi) is 18.1. The van der Waals surface area contributed by atoms with E-state index in [1.807, 2.05) is 4.90 Å². The van der Waals surface area contributed by atoms with Gasteiger partial charge in [0.15, 0.2) is 0 Å². The van der Waals surface area contributed by atoms with E-state index in [0.29, 0.717) is 49.6 Å². The summed E-state index contributed by atoms with van der Waals surface area (Å²) in [5, 5.41) is 19.2. The number of carboxylic acid groups (broad SMARTS) is 2. The Bertz CT molecular complexity index is 2420. The van der Waals surface area contributed by atoms with Crippen LogP contribution in [-0.2, 0) is 25.5 Å². The molecule has 3 aromatic rings. The summed E-state index contributed by atoms with van der Waals surface area (Å²) in [7, 11) is 10.2. The molecule has 1 aromatic heterocycles. The number of carboxylic acids is 2. The van der Waals surface area contributed by atoms with Crippen LogP contribution in [0.1, 0.15) is 114 Å². The number of aliphatic carboxylic acids is 2. The molecule has 2 saturated heterocycles. The van der Waals surface area contributed by atoms with E-state index in [-0.39, 0.29) is 53.0 Å². The quantitative estimate of drug-likeness (QED) is 0.125. The average Bonchev–Trinajstić information content (AvgIpc) is 3.77. The van der Waals surface area contributed by atoms with Gasteiger partial charge in [0.25, 0.3) is 0 Å². The molecule has 0 unspecified atom stereocenters. The molecule has 5 amide bonds. The second-order valence-corrected chi connectivity index (χ2v) is 22.1. The minimum absolute atomic E-state index is 0.00776. The first-order valence-electron chi connectivity index (χ1n) is 26.6. The zero-order chi connectivity index (χ0) is 54.2. The van der Waals surface area contributed by atoms with Crippen LogP contribution in [0.2, 0.25) is 0 Å². The van der Waals surface area contributed by atoms with E-state index in [2.05, 4.69) is 119 Å². The van der Waals surface area contributed by atoms with Crippen molar-refractivity contribution in [2.24, 2.45) is 11.8 Å². The van der Waals surface area contributed by atoms with Gasteiger partial charge >= 0.3 is 30.2 Å². The number of halogens is 3. The third-order valence-electron chi connectivity index (χ3n) is 17.5. The van der Waals surface area contributed by atoms with Crippen molar-refractivity contribution in [3.8, 4) is 5.88 Å². The molecule has 2 aromatic carbocycles. The first kappa shape index (κ1) is 56.8. The van der Waals surface area contributed by atoms with Gasteiger partial charge in [0.2, 0.25) is 11.8 Å². The molecule has 3 heterocycles. The molecule has 19 heteroatoms. The number of carbonyl (C=O) groups excluding carboxylic acids is 3. The Morgan fingerprint density at radius 1 is 0.680 bits per heavy atom. The summed E-state index contributed by atoms with van der Waals surface area (Å²) in [6.07, 6.45) is 12.1. The number of aromatic nitrogens is 1. The van der Waals surface area contributed by atoms with Crippen LogP contribution in [0, 0.1) is 11.8 Å². The molecule has 16 nitrogen and oxygen atoms in total. The van der Waals surface area contributed by atoms with Gasteiger partial charge in [0.1, 0.15) is 0 Å². The highest BCUT2D eigenvalue weighted by atomic mass is 19.4. The Balaban J connectivity index is 0.000000198. The third kappa shape index (κ3) is 12.8. The summed E-state index contributed by atoms with van der Waals surface area (Å²) in [5.74, 6) is -2.04. The maximum atomic E-state index is 13.8. The van der Waals surface area contributed by atoms with Crippen molar-refractivity contribution < 1.29 is 52.1 Å². The van der Waals surface area contributed by atoms with Gasteiger partial charge in [0.05, 0.1) is 24.6 Å². The van der Waals surface area contributed by atoms with E-state index in [0.717, 1.165) is 64.5 Å². The number of hydrogen-bond acceptors (Lipinski definition) is 9. The van der Waals surface area contributed by atoms with Crippen molar-refractivity contribution in [3.63, 3.8) is 0 Å². The van der Waals surface area contributed by atoms with E-state index in [1.54, 1.807) is 30.3 Å². The predicted octanol–water partition coefficient (Wildman–Crippen LogP) is 9.13. The van der Waals surface area contributed by atoms with Crippen LogP contribution in [0.3, 0.4) is 0 Å². The van der Waals surface area contributed by atoms with Crippen LogP contribution in [0.4, 0.5) is 28.4 Å². The number of benzene rings is 2. The zero-order valence-corrected chi connectivity index (χ0v) is 44.3. The number of anilines is 1. The summed E-state index contributed by atoms with van der Waals surface area (Å²) in [5.41, 5.74) is 3.02. The lowest BCUT2D eigenvalue weighted by atomic mass is 9.68. The van der Waals surface area contributed by atoms with Crippen molar-refractivity contribution in [1.29, 1.82) is 0 Å². The number of carbonyl (C=O) groups is 5. The number of urea groups is 2. The van der Waals surface area contributed by atoms with Gasteiger partial charge in [-0.15, -0.1) is 0 Å². The molecule has 3 N–H and O–H groups in total. The fraction of sp³-hybridized carbons (Fsp3) is 0.607. The number of amides is 5. The SMILES string of the molecule is CN(C)C1(c2ccccc2)CCC2(CC1)CN(CCC(=O)O)C(=O)N2CC1CCC1.COc1cc(NC(=O)CCN2CC3(CCC(c4ccccc4)(N(C)C)CC3)N(CC3CCC3)C2=O)ccn1.O=C(O)C(F)(F)F. The van der Waals surface area contributed by atoms with Crippen molar-refractivity contribution in [2.75, 3.05) is 79.9 Å². The number of nitrogens with zero attached hydrogens (tertiary/aromatic N) is 7. The maximum absolute atomic E-state index is 13.8. The molecule has 410 valence electrons. The number of rotatable bonds is 16. The van der Waals surface area contributed by atoms with Crippen molar-refractivity contribution in [1.82, 2.24) is 34.4 Å². The zero-order valence-electron chi connectivity index (χ0n) is 44.3. The second kappa shape index (κ2) is 23.9. The molecule has 4 saturated carbocycles. The molecular formula is C56H77F3N8O8. The normalized spacial score (nSPS) is 25.9. The monoisotopic (exact) mass is 1050 g/mol. The molecule has 2 aliphatic heterocycles. The van der Waals surface area contributed by atoms with Crippen LogP contribution >= 0.6 is 0 Å². The predicted molar refractivity (Wildman–Crippen MR) is 278 cm³/mol. The van der Waals surface area contributed by atoms with Gasteiger partial charge in [-0.3, -0.25) is 19.4 Å². The highest BCUT2D eigenvalue weighted by molar-refractivity contribution is 5.91. The van der Waals surface area contributed by atoms with Gasteiger partial charge < -0.3 is 39.9 Å². The molecule has 9 rings (SSSR count). The lowest BCUT2D eigenvalue weighted by Crippen LogP contribution is -2.56. The smallest absolute Gasteiger partial charge is 0.481 e. The highest BCUT2D eigenvalue weighted by Crippen LogP contribution is 2.51. The van der Waals surface area contributed by atoms with Gasteiger partial charge in [0, 0.05) is 74.7 Å². The first-order valence-corrected chi connectivity index (χ1v) is 26.6. The molecule has 0 bridgehead atoms. The first-order chi connectivity index (χ1) is 35.7. The van der Waals surface area contributed by atoms with Crippen LogP contribution in [0.25, 0.3) is 0 Å². The largest absolute Gasteiger partial charge is 0.490 e. The average molecular weight is 1050 g/mol. The van der Waals surface area contributed by atoms with Crippen molar-refractivity contribution in [2.45, 2.75) is 131 Å². The minimum atomic E-state index is -5.08. The van der Waals surface area contributed by atoms with Gasteiger partial charge in [-0.2, -0.15) is 13.2 Å². The number of nitrogens with one attached hydrogen (secondary N) is 1. The second-order valence-electron chi connectivity index (χ2n) is 22.1. The van der Waals surface area contributed by atoms with E-state index >= 15 is 0 Å². The lowest BCUT2D eigenvalue weighted by molar-refractivity contribution is -0.192. The fourth-order valence-electron chi connectivity index (χ4n) is 12.4. The molecule has 0 radical (unpaired) electrons. The number of hydrogen-bond donors (Lipinski definition) is 3. The number of alkyl halides is 3. The third-order valence-corrected chi connectivity index (χ3v) is 17.5. The van der Waals surface area contributed by atoms with E-state index in [1.165, 1.54) is 49.7 Å². The standard InChI is InChI=1S/C30H41N5O3.C24H35N3O3.C2HF3O2/c1-33(2)30(24-10-5-4-6-11-24)16-14-29(15-17-30)22-34(28(37)35(29)21-23-8-7-9-23)19-13-26(36)32-25-12-18-31-27(20-25)38-3;1-25(2)24(20-9-4-3-5-10-20)14-12-23(13-15-24)18-26(16-11-21(28)29)22(30)27(23)17-19-7-6-8-19;3-2(4,5)1(6)7/h4-6,10-12,18,20,23H,7-9,13-17,19,21-22H2,1-3H3,(H,31,32,36);3-5,9-10,19H,6-8,11-18H2,1-2H3,(H,28,29);(H,6,7). The lowest BCUT2D eigenvalue weighted by Gasteiger charge is -2.51. The van der Waals surface area contributed by atoms with Gasteiger partial charge in [-0.25, -0.2) is 19.4 Å². The topological polar surface area (TPSA) is 179 Å². The molecule has 6 aliphatic rings. The summed E-state index contributed by atoms with van der Waals surface area (Å²) in [4.78, 5) is 76.7. The van der Waals surface area contributed by atoms with Crippen LogP contribution in [0.15, 0.2) is 79.0 Å².